The van der Waals surface area contributed by atoms with Crippen LogP contribution in [0.25, 0.3) is 10.9 Å². The van der Waals surface area contributed by atoms with Crippen LogP contribution in [0.3, 0.4) is 0 Å². The van der Waals surface area contributed by atoms with Crippen LogP contribution in [0.1, 0.15) is 23.6 Å². The van der Waals surface area contributed by atoms with Gasteiger partial charge in [0.25, 0.3) is 0 Å². The molecule has 0 radical (unpaired) electrons. The number of likely N-dealkylation sites (tertiary alicyclic amines) is 1. The van der Waals surface area contributed by atoms with Gasteiger partial charge in [-0.2, -0.15) is 5.26 Å². The van der Waals surface area contributed by atoms with Crippen molar-refractivity contribution in [3.63, 3.8) is 0 Å². The van der Waals surface area contributed by atoms with Gasteiger partial charge in [-0.1, -0.05) is 12.1 Å². The first kappa shape index (κ1) is 26.4. The van der Waals surface area contributed by atoms with Crippen LogP contribution in [0.15, 0.2) is 42.5 Å². The normalized spacial score (nSPS) is 26.2. The predicted octanol–water partition coefficient (Wildman–Crippen LogP) is 0.878. The number of nitrogens with zero attached hydrogens (tertiary/aromatic N) is 5. The second-order valence-corrected chi connectivity index (χ2v) is 12.9. The molecule has 0 unspecified atom stereocenters. The third-order valence-electron chi connectivity index (χ3n) is 9.72. The molecule has 1 N–H and O–H groups in total. The molecule has 0 amide bonds. The largest absolute Gasteiger partial charge is 0.370 e. The Morgan fingerprint density at radius 3 is 2.76 bits per heavy atom. The lowest BCUT2D eigenvalue weighted by Crippen LogP contribution is -2.70. The molecule has 9 nitrogen and oxygen atoms in total. The lowest BCUT2D eigenvalue weighted by Gasteiger charge is -2.53. The Labute approximate surface area is 247 Å². The van der Waals surface area contributed by atoms with Gasteiger partial charge in [-0.05, 0) is 54.0 Å². The van der Waals surface area contributed by atoms with Crippen LogP contribution in [-0.2, 0) is 26.4 Å². The minimum absolute atomic E-state index is 0.0131. The van der Waals surface area contributed by atoms with Crippen LogP contribution in [0.2, 0.25) is 0 Å². The van der Waals surface area contributed by atoms with Gasteiger partial charge in [0.05, 0.1) is 49.6 Å². The first-order chi connectivity index (χ1) is 20.4. The molecule has 42 heavy (non-hydrogen) atoms. The van der Waals surface area contributed by atoms with Crippen molar-refractivity contribution in [3.05, 3.63) is 59.2 Å². The molecule has 0 saturated carbocycles. The Hall–Kier alpha value is -3.20. The second-order valence-electron chi connectivity index (χ2n) is 12.9. The molecule has 5 aliphatic heterocycles. The number of nitriles is 1. The molecule has 2 spiro atoms. The summed E-state index contributed by atoms with van der Waals surface area (Å²) in [6.45, 7) is 11.7. The minimum Gasteiger partial charge on any atom is -0.370 e. The lowest BCUT2D eigenvalue weighted by atomic mass is 9.84. The van der Waals surface area contributed by atoms with Crippen molar-refractivity contribution in [3.8, 4) is 6.07 Å². The third-order valence-corrected chi connectivity index (χ3v) is 9.72. The van der Waals surface area contributed by atoms with E-state index >= 15 is 0 Å². The molecule has 8 rings (SSSR count). The van der Waals surface area contributed by atoms with Gasteiger partial charge in [0.2, 0.25) is 0 Å². The molecule has 0 bridgehead atoms. The molecule has 0 aliphatic carbocycles. The molecule has 10 heteroatoms. The predicted molar refractivity (Wildman–Crippen MR) is 164 cm³/mol. The maximum atomic E-state index is 9.65. The zero-order valence-electron chi connectivity index (χ0n) is 24.4. The highest BCUT2D eigenvalue weighted by molar-refractivity contribution is 6.31. The van der Waals surface area contributed by atoms with Crippen molar-refractivity contribution < 1.29 is 14.2 Å². The van der Waals surface area contributed by atoms with Gasteiger partial charge < -0.3 is 29.3 Å². The summed E-state index contributed by atoms with van der Waals surface area (Å²) < 4.78 is 19.0. The Morgan fingerprint density at radius 2 is 1.95 bits per heavy atom. The summed E-state index contributed by atoms with van der Waals surface area (Å²) >= 11 is 0. The van der Waals surface area contributed by atoms with Crippen LogP contribution < -0.4 is 20.7 Å². The van der Waals surface area contributed by atoms with Crippen LogP contribution >= 0.6 is 0 Å². The van der Waals surface area contributed by atoms with Crippen LogP contribution in [0, 0.1) is 11.3 Å². The maximum Gasteiger partial charge on any atom is 0.163 e. The average molecular weight is 564 g/mol. The Kier molecular flexibility index (Phi) is 6.25. The van der Waals surface area contributed by atoms with Gasteiger partial charge in [-0.3, -0.25) is 9.88 Å². The fourth-order valence-electron chi connectivity index (χ4n) is 7.74. The van der Waals surface area contributed by atoms with Gasteiger partial charge in [0, 0.05) is 62.6 Å². The number of nitrogens with one attached hydrogen (secondary N) is 1. The van der Waals surface area contributed by atoms with E-state index in [1.807, 2.05) is 20.0 Å². The first-order valence-corrected chi connectivity index (χ1v) is 15.2. The highest BCUT2D eigenvalue weighted by atomic mass is 16.5. The number of morpholine rings is 2. The summed E-state index contributed by atoms with van der Waals surface area (Å²) in [7, 11) is 1.97. The molecule has 6 heterocycles. The molecular formula is C32H37BN6O3. The molecule has 216 valence electrons. The van der Waals surface area contributed by atoms with E-state index in [0.29, 0.717) is 12.2 Å². The summed E-state index contributed by atoms with van der Waals surface area (Å²) in [4.78, 5) is 12.0. The van der Waals surface area contributed by atoms with Crippen LogP contribution in [0.4, 0.5) is 11.4 Å². The van der Waals surface area contributed by atoms with E-state index in [2.05, 4.69) is 63.3 Å². The van der Waals surface area contributed by atoms with Gasteiger partial charge >= 0.3 is 0 Å². The molecule has 3 aromatic rings. The van der Waals surface area contributed by atoms with Gasteiger partial charge in [-0.25, -0.2) is 0 Å². The minimum atomic E-state index is -0.201. The Bertz CT molecular complexity index is 1570. The summed E-state index contributed by atoms with van der Waals surface area (Å²) in [5.74, 6) is 0. The number of pyridine rings is 1. The molecular weight excluding hydrogens is 527 g/mol. The van der Waals surface area contributed by atoms with E-state index in [-0.39, 0.29) is 23.4 Å². The van der Waals surface area contributed by atoms with Crippen molar-refractivity contribution in [2.45, 2.75) is 36.9 Å². The third kappa shape index (κ3) is 4.38. The summed E-state index contributed by atoms with van der Waals surface area (Å²) in [6, 6.07) is 17.3. The van der Waals surface area contributed by atoms with Crippen molar-refractivity contribution in [2.75, 3.05) is 75.3 Å². The monoisotopic (exact) mass is 564 g/mol. The van der Waals surface area contributed by atoms with Crippen LogP contribution in [-0.4, -0.2) is 101 Å². The van der Waals surface area contributed by atoms with E-state index in [1.54, 1.807) is 0 Å². The van der Waals surface area contributed by atoms with Crippen molar-refractivity contribution >= 4 is 35.7 Å². The fourth-order valence-corrected chi connectivity index (χ4v) is 7.74. The standard InChI is InChI=1S/C32H37BN6O3/c1-21-12-38(28-6-2-22(11-34)30-26(28)4-7-29(33)36-30)14-25(42-21)13-37-19-32(20-37)27-5-3-24(10-23(27)15-41-32)39-17-31(18-39)16-35-8-9-40-31/h2-7,10,21,25,35H,8-9,12-20,33H2,1H3/t21-,25+/m1/s1. The molecule has 4 saturated heterocycles. The number of aromatic nitrogens is 1. The number of hydrogen-bond donors (Lipinski definition) is 1. The van der Waals surface area contributed by atoms with Gasteiger partial charge in [0.1, 0.15) is 17.3 Å². The van der Waals surface area contributed by atoms with E-state index in [1.165, 1.54) is 16.8 Å². The van der Waals surface area contributed by atoms with E-state index < -0.39 is 0 Å². The topological polar surface area (TPSA) is 86.1 Å². The Morgan fingerprint density at radius 1 is 1.07 bits per heavy atom. The number of hydrogen-bond acceptors (Lipinski definition) is 9. The summed E-state index contributed by atoms with van der Waals surface area (Å²) in [5, 5.41) is 14.2. The first-order valence-electron chi connectivity index (χ1n) is 15.2. The molecule has 5 aliphatic rings. The number of ether oxygens (including phenoxy) is 3. The number of benzene rings is 2. The summed E-state index contributed by atoms with van der Waals surface area (Å²) in [6.07, 6.45) is 0.203. The van der Waals surface area contributed by atoms with Crippen molar-refractivity contribution in [2.24, 2.45) is 0 Å². The van der Waals surface area contributed by atoms with Crippen LogP contribution in [0.5, 0.6) is 0 Å². The molecule has 2 aromatic carbocycles. The van der Waals surface area contributed by atoms with Crippen molar-refractivity contribution in [1.82, 2.24) is 15.2 Å². The van der Waals surface area contributed by atoms with E-state index in [0.717, 1.165) is 87.7 Å². The average Bonchev–Trinajstić information content (AvgIpc) is 3.34. The zero-order valence-corrected chi connectivity index (χ0v) is 24.4. The van der Waals surface area contributed by atoms with E-state index in [4.69, 9.17) is 19.2 Å². The molecule has 1 aromatic heterocycles. The fraction of sp³-hybridized carbons (Fsp3) is 0.500. The molecule has 4 fully saturated rings. The lowest BCUT2D eigenvalue weighted by molar-refractivity contribution is -0.155. The highest BCUT2D eigenvalue weighted by Gasteiger charge is 2.51. The quantitative estimate of drug-likeness (QED) is 0.465. The Balaban J connectivity index is 0.928. The molecule has 2 atom stereocenters. The van der Waals surface area contributed by atoms with Gasteiger partial charge in [0.15, 0.2) is 7.85 Å². The number of fused-ring (bicyclic) bond motifs is 3. The van der Waals surface area contributed by atoms with Gasteiger partial charge in [-0.15, -0.1) is 0 Å². The second kappa shape index (κ2) is 9.93. The highest BCUT2D eigenvalue weighted by Crippen LogP contribution is 2.45. The van der Waals surface area contributed by atoms with Crippen molar-refractivity contribution in [1.29, 1.82) is 5.26 Å². The number of anilines is 2. The smallest absolute Gasteiger partial charge is 0.163 e. The number of rotatable bonds is 4. The summed E-state index contributed by atoms with van der Waals surface area (Å²) in [5.41, 5.74) is 7.17. The maximum absolute atomic E-state index is 9.65. The van der Waals surface area contributed by atoms with E-state index in [9.17, 15) is 5.26 Å². The SMILES string of the molecule is Bc1ccc2c(N3C[C@H](CN4CC5(C4)OCc4cc(N6CC7(CNCCO7)C6)ccc45)O[C@H](C)C3)ccc(C#N)c2n1. The zero-order chi connectivity index (χ0) is 28.5.